The summed E-state index contributed by atoms with van der Waals surface area (Å²) in [5.41, 5.74) is 1.77. The molecule has 0 spiro atoms. The molecule has 1 N–H and O–H groups in total. The van der Waals surface area contributed by atoms with Crippen molar-refractivity contribution in [2.45, 2.75) is 45.1 Å². The molecule has 0 saturated carbocycles. The van der Waals surface area contributed by atoms with Crippen LogP contribution >= 0.6 is 0 Å². The summed E-state index contributed by atoms with van der Waals surface area (Å²) in [4.78, 5) is 13.4. The number of carbonyl (C=O) groups is 1. The molecule has 2 rings (SSSR count). The average Bonchev–Trinajstić information content (AvgIpc) is 2.65. The van der Waals surface area contributed by atoms with Crippen molar-refractivity contribution in [1.29, 1.82) is 0 Å². The standard InChI is InChI=1S/C16H22FNO2/c1-12-10-13(17)6-7-14(12)15(11-16(19)20)18-8-4-2-3-5-9-18/h6-7,10,15H,2-5,8-9,11H2,1H3,(H,19,20). The Morgan fingerprint density at radius 1 is 1.30 bits per heavy atom. The molecule has 1 heterocycles. The van der Waals surface area contributed by atoms with Crippen LogP contribution in [0.25, 0.3) is 0 Å². The molecule has 1 aromatic rings. The normalized spacial score (nSPS) is 18.5. The van der Waals surface area contributed by atoms with Gasteiger partial charge in [0.05, 0.1) is 6.42 Å². The van der Waals surface area contributed by atoms with E-state index in [0.717, 1.165) is 37.1 Å². The predicted molar refractivity (Wildman–Crippen MR) is 76.2 cm³/mol. The van der Waals surface area contributed by atoms with Crippen molar-refractivity contribution in [3.63, 3.8) is 0 Å². The highest BCUT2D eigenvalue weighted by Gasteiger charge is 2.25. The third-order valence-electron chi connectivity index (χ3n) is 4.04. The Kier molecular flexibility index (Phi) is 5.12. The van der Waals surface area contributed by atoms with Crippen LogP contribution in [0.5, 0.6) is 0 Å². The summed E-state index contributed by atoms with van der Waals surface area (Å²) in [6, 6.07) is 4.51. The van der Waals surface area contributed by atoms with Gasteiger partial charge in [0.1, 0.15) is 5.82 Å². The van der Waals surface area contributed by atoms with Crippen molar-refractivity contribution in [2.75, 3.05) is 13.1 Å². The van der Waals surface area contributed by atoms with E-state index in [9.17, 15) is 14.3 Å². The first kappa shape index (κ1) is 15.0. The van der Waals surface area contributed by atoms with E-state index in [-0.39, 0.29) is 18.3 Å². The number of likely N-dealkylation sites (tertiary alicyclic amines) is 1. The molecule has 0 radical (unpaired) electrons. The minimum absolute atomic E-state index is 0.0759. The summed E-state index contributed by atoms with van der Waals surface area (Å²) in [6.45, 7) is 3.70. The van der Waals surface area contributed by atoms with Gasteiger partial charge in [-0.25, -0.2) is 4.39 Å². The number of halogens is 1. The first-order valence-electron chi connectivity index (χ1n) is 7.30. The second-order valence-electron chi connectivity index (χ2n) is 5.56. The lowest BCUT2D eigenvalue weighted by Crippen LogP contribution is -2.32. The molecule has 1 fully saturated rings. The number of carboxylic acid groups (broad SMARTS) is 1. The minimum atomic E-state index is -0.803. The number of aliphatic carboxylic acids is 1. The van der Waals surface area contributed by atoms with E-state index >= 15 is 0 Å². The van der Waals surface area contributed by atoms with Crippen LogP contribution in [0.1, 0.15) is 49.3 Å². The highest BCUT2D eigenvalue weighted by molar-refractivity contribution is 5.68. The molecular weight excluding hydrogens is 257 g/mol. The number of hydrogen-bond acceptors (Lipinski definition) is 2. The summed E-state index contributed by atoms with van der Waals surface area (Å²) in [7, 11) is 0. The lowest BCUT2D eigenvalue weighted by Gasteiger charge is -2.31. The van der Waals surface area contributed by atoms with E-state index in [2.05, 4.69) is 4.90 Å². The second-order valence-corrected chi connectivity index (χ2v) is 5.56. The Morgan fingerprint density at radius 3 is 2.50 bits per heavy atom. The van der Waals surface area contributed by atoms with Gasteiger partial charge in [-0.1, -0.05) is 18.9 Å². The highest BCUT2D eigenvalue weighted by Crippen LogP contribution is 2.29. The van der Waals surface area contributed by atoms with E-state index in [4.69, 9.17) is 0 Å². The molecule has 1 aliphatic heterocycles. The van der Waals surface area contributed by atoms with Crippen molar-refractivity contribution in [3.05, 3.63) is 35.1 Å². The van der Waals surface area contributed by atoms with E-state index < -0.39 is 5.97 Å². The van der Waals surface area contributed by atoms with Crippen LogP contribution in [0.2, 0.25) is 0 Å². The van der Waals surface area contributed by atoms with Crippen LogP contribution in [0.15, 0.2) is 18.2 Å². The zero-order valence-electron chi connectivity index (χ0n) is 11.9. The minimum Gasteiger partial charge on any atom is -0.481 e. The molecular formula is C16H22FNO2. The van der Waals surface area contributed by atoms with Crippen molar-refractivity contribution in [3.8, 4) is 0 Å². The maximum absolute atomic E-state index is 13.3. The van der Waals surface area contributed by atoms with Gasteiger partial charge in [-0.2, -0.15) is 0 Å². The van der Waals surface area contributed by atoms with Gasteiger partial charge >= 0.3 is 5.97 Å². The van der Waals surface area contributed by atoms with Crippen LogP contribution in [-0.2, 0) is 4.79 Å². The van der Waals surface area contributed by atoms with Gasteiger partial charge in [0.15, 0.2) is 0 Å². The Balaban J connectivity index is 2.27. The van der Waals surface area contributed by atoms with Crippen molar-refractivity contribution >= 4 is 5.97 Å². The first-order valence-corrected chi connectivity index (χ1v) is 7.30. The molecule has 110 valence electrons. The van der Waals surface area contributed by atoms with Gasteiger partial charge in [0.2, 0.25) is 0 Å². The van der Waals surface area contributed by atoms with Crippen LogP contribution in [0.4, 0.5) is 4.39 Å². The van der Waals surface area contributed by atoms with Crippen LogP contribution in [0, 0.1) is 12.7 Å². The number of hydrogen-bond donors (Lipinski definition) is 1. The zero-order valence-corrected chi connectivity index (χ0v) is 11.9. The third kappa shape index (κ3) is 3.79. The van der Waals surface area contributed by atoms with E-state index in [1.54, 1.807) is 6.07 Å². The smallest absolute Gasteiger partial charge is 0.305 e. The monoisotopic (exact) mass is 279 g/mol. The molecule has 20 heavy (non-hydrogen) atoms. The quantitative estimate of drug-likeness (QED) is 0.916. The summed E-state index contributed by atoms with van der Waals surface area (Å²) in [6.07, 6.45) is 4.70. The van der Waals surface area contributed by atoms with E-state index in [1.807, 2.05) is 6.92 Å². The number of nitrogens with zero attached hydrogens (tertiary/aromatic N) is 1. The fourth-order valence-corrected chi connectivity index (χ4v) is 3.02. The predicted octanol–water partition coefficient (Wildman–Crippen LogP) is 3.53. The first-order chi connectivity index (χ1) is 9.58. The summed E-state index contributed by atoms with van der Waals surface area (Å²) in [5.74, 6) is -1.07. The highest BCUT2D eigenvalue weighted by atomic mass is 19.1. The molecule has 1 unspecified atom stereocenters. The summed E-state index contributed by atoms with van der Waals surface area (Å²) >= 11 is 0. The maximum Gasteiger partial charge on any atom is 0.305 e. The largest absolute Gasteiger partial charge is 0.481 e. The molecule has 0 aliphatic carbocycles. The Labute approximate surface area is 119 Å². The van der Waals surface area contributed by atoms with Crippen molar-refractivity contribution in [2.24, 2.45) is 0 Å². The lowest BCUT2D eigenvalue weighted by molar-refractivity contribution is -0.138. The molecule has 1 atom stereocenters. The van der Waals surface area contributed by atoms with Gasteiger partial charge in [-0.3, -0.25) is 9.69 Å². The number of benzene rings is 1. The van der Waals surface area contributed by atoms with Gasteiger partial charge in [-0.15, -0.1) is 0 Å². The molecule has 0 aromatic heterocycles. The molecule has 1 aromatic carbocycles. The summed E-state index contributed by atoms with van der Waals surface area (Å²) in [5, 5.41) is 9.19. The number of carboxylic acids is 1. The Bertz CT molecular complexity index is 468. The van der Waals surface area contributed by atoms with E-state index in [0.29, 0.717) is 0 Å². The van der Waals surface area contributed by atoms with E-state index in [1.165, 1.54) is 25.0 Å². The third-order valence-corrected chi connectivity index (χ3v) is 4.04. The van der Waals surface area contributed by atoms with Gasteiger partial charge in [-0.05, 0) is 56.1 Å². The SMILES string of the molecule is Cc1cc(F)ccc1C(CC(=O)O)N1CCCCCC1. The molecule has 0 amide bonds. The second kappa shape index (κ2) is 6.84. The molecule has 1 aliphatic rings. The summed E-state index contributed by atoms with van der Waals surface area (Å²) < 4.78 is 13.3. The lowest BCUT2D eigenvalue weighted by atomic mass is 9.97. The van der Waals surface area contributed by atoms with Crippen LogP contribution < -0.4 is 0 Å². The maximum atomic E-state index is 13.3. The van der Waals surface area contributed by atoms with Gasteiger partial charge in [0, 0.05) is 6.04 Å². The van der Waals surface area contributed by atoms with Crippen LogP contribution in [0.3, 0.4) is 0 Å². The number of rotatable bonds is 4. The Morgan fingerprint density at radius 2 is 1.95 bits per heavy atom. The fourth-order valence-electron chi connectivity index (χ4n) is 3.02. The van der Waals surface area contributed by atoms with Crippen molar-refractivity contribution < 1.29 is 14.3 Å². The van der Waals surface area contributed by atoms with Crippen molar-refractivity contribution in [1.82, 2.24) is 4.90 Å². The van der Waals surface area contributed by atoms with Crippen LogP contribution in [-0.4, -0.2) is 29.1 Å². The molecule has 1 saturated heterocycles. The molecule has 3 nitrogen and oxygen atoms in total. The zero-order chi connectivity index (χ0) is 14.5. The van der Waals surface area contributed by atoms with Gasteiger partial charge < -0.3 is 5.11 Å². The number of aryl methyl sites for hydroxylation is 1. The molecule has 4 heteroatoms. The Hall–Kier alpha value is -1.42. The fraction of sp³-hybridized carbons (Fsp3) is 0.562. The molecule has 0 bridgehead atoms. The average molecular weight is 279 g/mol. The topological polar surface area (TPSA) is 40.5 Å². The van der Waals surface area contributed by atoms with Gasteiger partial charge in [0.25, 0.3) is 0 Å².